The number of hydrogen-bond acceptors (Lipinski definition) is 3. The van der Waals surface area contributed by atoms with Crippen molar-refractivity contribution in [3.63, 3.8) is 0 Å². The fourth-order valence-corrected chi connectivity index (χ4v) is 3.91. The SMILES string of the molecule is CC(C)N(Cc1cccc(Br)c1)C(=O)C(=O)N1CCN(C(=O)c2ccc(F)cc2)CC1. The van der Waals surface area contributed by atoms with Gasteiger partial charge in [0.25, 0.3) is 5.91 Å². The molecule has 31 heavy (non-hydrogen) atoms. The van der Waals surface area contributed by atoms with E-state index in [0.717, 1.165) is 10.0 Å². The predicted octanol–water partition coefficient (Wildman–Crippen LogP) is 3.31. The Bertz CT molecular complexity index is 957. The monoisotopic (exact) mass is 489 g/mol. The molecule has 8 heteroatoms. The number of benzene rings is 2. The lowest BCUT2D eigenvalue weighted by atomic mass is 10.1. The first kappa shape index (κ1) is 22.9. The van der Waals surface area contributed by atoms with Gasteiger partial charge in [-0.25, -0.2) is 4.39 Å². The third-order valence-corrected chi connectivity index (χ3v) is 5.75. The zero-order chi connectivity index (χ0) is 22.5. The fraction of sp³-hybridized carbons (Fsp3) is 0.348. The van der Waals surface area contributed by atoms with Gasteiger partial charge in [0.15, 0.2) is 0 Å². The van der Waals surface area contributed by atoms with Gasteiger partial charge in [0, 0.05) is 48.8 Å². The summed E-state index contributed by atoms with van der Waals surface area (Å²) in [5.41, 5.74) is 1.33. The zero-order valence-corrected chi connectivity index (χ0v) is 19.1. The Morgan fingerprint density at radius 1 is 1.00 bits per heavy atom. The summed E-state index contributed by atoms with van der Waals surface area (Å²) in [4.78, 5) is 43.0. The molecule has 1 aliphatic heterocycles. The highest BCUT2D eigenvalue weighted by atomic mass is 79.9. The van der Waals surface area contributed by atoms with Crippen LogP contribution in [0.2, 0.25) is 0 Å². The van der Waals surface area contributed by atoms with Crippen molar-refractivity contribution in [1.82, 2.24) is 14.7 Å². The third-order valence-electron chi connectivity index (χ3n) is 5.25. The molecule has 3 rings (SSSR count). The molecule has 6 nitrogen and oxygen atoms in total. The van der Waals surface area contributed by atoms with Crippen molar-refractivity contribution in [3.05, 3.63) is 69.9 Å². The lowest BCUT2D eigenvalue weighted by molar-refractivity contribution is -0.154. The van der Waals surface area contributed by atoms with Crippen molar-refractivity contribution >= 4 is 33.7 Å². The van der Waals surface area contributed by atoms with E-state index in [0.29, 0.717) is 25.2 Å². The van der Waals surface area contributed by atoms with Crippen molar-refractivity contribution in [1.29, 1.82) is 0 Å². The molecule has 0 N–H and O–H groups in total. The lowest BCUT2D eigenvalue weighted by Gasteiger charge is -2.36. The first-order valence-corrected chi connectivity index (χ1v) is 10.9. The van der Waals surface area contributed by atoms with E-state index in [1.54, 1.807) is 9.80 Å². The lowest BCUT2D eigenvalue weighted by Crippen LogP contribution is -2.55. The molecule has 1 fully saturated rings. The maximum atomic E-state index is 13.1. The summed E-state index contributed by atoms with van der Waals surface area (Å²) in [6.45, 7) is 5.29. The zero-order valence-electron chi connectivity index (χ0n) is 17.6. The van der Waals surface area contributed by atoms with Crippen LogP contribution in [0.1, 0.15) is 29.8 Å². The van der Waals surface area contributed by atoms with Crippen LogP contribution >= 0.6 is 15.9 Å². The molecule has 0 aliphatic carbocycles. The van der Waals surface area contributed by atoms with Gasteiger partial charge in [0.1, 0.15) is 5.82 Å². The molecule has 1 heterocycles. The summed E-state index contributed by atoms with van der Waals surface area (Å²) in [6, 6.07) is 12.9. The van der Waals surface area contributed by atoms with Gasteiger partial charge < -0.3 is 14.7 Å². The van der Waals surface area contributed by atoms with Crippen LogP contribution in [0.15, 0.2) is 53.0 Å². The fourth-order valence-electron chi connectivity index (χ4n) is 3.47. The van der Waals surface area contributed by atoms with Gasteiger partial charge in [-0.1, -0.05) is 28.1 Å². The molecule has 0 saturated carbocycles. The average molecular weight is 490 g/mol. The van der Waals surface area contributed by atoms with Crippen LogP contribution in [-0.4, -0.2) is 64.6 Å². The van der Waals surface area contributed by atoms with Gasteiger partial charge in [-0.3, -0.25) is 14.4 Å². The smallest absolute Gasteiger partial charge is 0.312 e. The van der Waals surface area contributed by atoms with Gasteiger partial charge in [-0.2, -0.15) is 0 Å². The molecule has 0 spiro atoms. The normalized spacial score (nSPS) is 14.0. The Kier molecular flexibility index (Phi) is 7.43. The summed E-state index contributed by atoms with van der Waals surface area (Å²) in [7, 11) is 0. The van der Waals surface area contributed by atoms with Gasteiger partial charge in [0.05, 0.1) is 0 Å². The number of carbonyl (C=O) groups is 3. The number of carbonyl (C=O) groups excluding carboxylic acids is 3. The van der Waals surface area contributed by atoms with E-state index >= 15 is 0 Å². The van der Waals surface area contributed by atoms with Gasteiger partial charge >= 0.3 is 11.8 Å². The molecule has 2 aromatic carbocycles. The number of hydrogen-bond donors (Lipinski definition) is 0. The summed E-state index contributed by atoms with van der Waals surface area (Å²) in [5.74, 6) is -1.72. The van der Waals surface area contributed by atoms with Gasteiger partial charge in [0.2, 0.25) is 0 Å². The Morgan fingerprint density at radius 2 is 1.61 bits per heavy atom. The van der Waals surface area contributed by atoms with E-state index in [1.807, 2.05) is 38.1 Å². The second kappa shape index (κ2) is 10.0. The number of nitrogens with zero attached hydrogens (tertiary/aromatic N) is 3. The number of halogens is 2. The Hall–Kier alpha value is -2.74. The van der Waals surface area contributed by atoms with E-state index in [9.17, 15) is 18.8 Å². The summed E-state index contributed by atoms with van der Waals surface area (Å²) < 4.78 is 14.0. The second-order valence-electron chi connectivity index (χ2n) is 7.75. The summed E-state index contributed by atoms with van der Waals surface area (Å²) in [6.07, 6.45) is 0. The maximum Gasteiger partial charge on any atom is 0.312 e. The van der Waals surface area contributed by atoms with Crippen LogP contribution < -0.4 is 0 Å². The molecule has 0 bridgehead atoms. The van der Waals surface area contributed by atoms with Crippen LogP contribution in [0.25, 0.3) is 0 Å². The largest absolute Gasteiger partial charge is 0.335 e. The number of piperazine rings is 1. The molecule has 0 unspecified atom stereocenters. The highest BCUT2D eigenvalue weighted by Gasteiger charge is 2.32. The standard InChI is InChI=1S/C23H25BrFN3O3/c1-16(2)28(15-17-4-3-5-19(24)14-17)23(31)22(30)27-12-10-26(11-13-27)21(29)18-6-8-20(25)9-7-18/h3-9,14,16H,10-13,15H2,1-2H3. The van der Waals surface area contributed by atoms with Crippen LogP contribution in [0.3, 0.4) is 0 Å². The molecule has 0 aromatic heterocycles. The highest BCUT2D eigenvalue weighted by molar-refractivity contribution is 9.10. The Morgan fingerprint density at radius 3 is 2.19 bits per heavy atom. The third kappa shape index (κ3) is 5.70. The molecular formula is C23H25BrFN3O3. The van der Waals surface area contributed by atoms with Crippen molar-refractivity contribution in [2.45, 2.75) is 26.4 Å². The quantitative estimate of drug-likeness (QED) is 0.619. The van der Waals surface area contributed by atoms with Gasteiger partial charge in [-0.15, -0.1) is 0 Å². The minimum Gasteiger partial charge on any atom is -0.335 e. The van der Waals surface area contributed by atoms with E-state index in [1.165, 1.54) is 29.2 Å². The summed E-state index contributed by atoms with van der Waals surface area (Å²) >= 11 is 3.43. The molecule has 3 amide bonds. The number of rotatable bonds is 4. The van der Waals surface area contributed by atoms with Crippen LogP contribution in [0.4, 0.5) is 4.39 Å². The topological polar surface area (TPSA) is 60.9 Å². The first-order valence-electron chi connectivity index (χ1n) is 10.2. The minimum atomic E-state index is -0.558. The van der Waals surface area contributed by atoms with Crippen molar-refractivity contribution < 1.29 is 18.8 Å². The molecule has 2 aromatic rings. The molecule has 164 valence electrons. The molecule has 0 radical (unpaired) electrons. The van der Waals surface area contributed by atoms with Crippen molar-refractivity contribution in [2.24, 2.45) is 0 Å². The predicted molar refractivity (Wildman–Crippen MR) is 119 cm³/mol. The van der Waals surface area contributed by atoms with E-state index in [2.05, 4.69) is 15.9 Å². The Balaban J connectivity index is 1.61. The van der Waals surface area contributed by atoms with Crippen LogP contribution in [-0.2, 0) is 16.1 Å². The van der Waals surface area contributed by atoms with Gasteiger partial charge in [-0.05, 0) is 55.8 Å². The molecular weight excluding hydrogens is 465 g/mol. The molecule has 0 atom stereocenters. The second-order valence-corrected chi connectivity index (χ2v) is 8.66. The minimum absolute atomic E-state index is 0.142. The van der Waals surface area contributed by atoms with E-state index in [4.69, 9.17) is 0 Å². The van der Waals surface area contributed by atoms with Crippen LogP contribution in [0.5, 0.6) is 0 Å². The molecule has 1 saturated heterocycles. The van der Waals surface area contributed by atoms with Crippen LogP contribution in [0, 0.1) is 5.82 Å². The first-order chi connectivity index (χ1) is 14.8. The summed E-state index contributed by atoms with van der Waals surface area (Å²) in [5, 5.41) is 0. The number of amides is 3. The molecule has 1 aliphatic rings. The maximum absolute atomic E-state index is 13.1. The average Bonchev–Trinajstić information content (AvgIpc) is 2.76. The van der Waals surface area contributed by atoms with Crippen molar-refractivity contribution in [3.8, 4) is 0 Å². The Labute approximate surface area is 189 Å². The highest BCUT2D eigenvalue weighted by Crippen LogP contribution is 2.16. The van der Waals surface area contributed by atoms with Crippen molar-refractivity contribution in [2.75, 3.05) is 26.2 Å². The van der Waals surface area contributed by atoms with E-state index < -0.39 is 17.6 Å². The van der Waals surface area contributed by atoms with E-state index in [-0.39, 0.29) is 25.0 Å².